The highest BCUT2D eigenvalue weighted by Crippen LogP contribution is 2.27. The van der Waals surface area contributed by atoms with Gasteiger partial charge in [-0.15, -0.1) is 0 Å². The highest BCUT2D eigenvalue weighted by atomic mass is 35.5. The number of pyridine rings is 1. The molecule has 0 spiro atoms. The lowest BCUT2D eigenvalue weighted by Crippen LogP contribution is -1.99. The average Bonchev–Trinajstić information content (AvgIpc) is 2.52. The molecule has 0 saturated heterocycles. The maximum absolute atomic E-state index is 9.37. The van der Waals surface area contributed by atoms with Crippen LogP contribution in [-0.4, -0.2) is 10.1 Å². The van der Waals surface area contributed by atoms with Crippen molar-refractivity contribution >= 4 is 22.5 Å². The van der Waals surface area contributed by atoms with Crippen LogP contribution in [0.3, 0.4) is 0 Å². The number of benzene rings is 2. The first-order valence-corrected chi connectivity index (χ1v) is 7.00. The van der Waals surface area contributed by atoms with Crippen LogP contribution in [0.5, 0.6) is 5.75 Å². The Hall–Kier alpha value is -2.10. The fourth-order valence-electron chi connectivity index (χ4n) is 2.20. The summed E-state index contributed by atoms with van der Waals surface area (Å²) in [6.45, 7) is 0.273. The average molecular weight is 300 g/mol. The molecule has 3 nitrogen and oxygen atoms in total. The second-order valence-electron chi connectivity index (χ2n) is 4.69. The molecule has 106 valence electrons. The van der Waals surface area contributed by atoms with Crippen LogP contribution in [0.2, 0.25) is 5.02 Å². The van der Waals surface area contributed by atoms with E-state index in [2.05, 4.69) is 4.98 Å². The van der Waals surface area contributed by atoms with Crippen LogP contribution in [0.15, 0.2) is 54.7 Å². The summed E-state index contributed by atoms with van der Waals surface area (Å²) in [5, 5.41) is 11.0. The van der Waals surface area contributed by atoms with E-state index in [0.717, 1.165) is 16.5 Å². The van der Waals surface area contributed by atoms with E-state index in [4.69, 9.17) is 16.3 Å². The van der Waals surface area contributed by atoms with Crippen LogP contribution in [0, 0.1) is 0 Å². The third-order valence-electron chi connectivity index (χ3n) is 3.30. The lowest BCUT2D eigenvalue weighted by atomic mass is 10.1. The van der Waals surface area contributed by atoms with E-state index in [1.54, 1.807) is 24.4 Å². The summed E-state index contributed by atoms with van der Waals surface area (Å²) >= 11 is 6.04. The van der Waals surface area contributed by atoms with E-state index in [1.807, 2.05) is 30.3 Å². The van der Waals surface area contributed by atoms with Gasteiger partial charge < -0.3 is 9.84 Å². The highest BCUT2D eigenvalue weighted by Gasteiger charge is 2.07. The van der Waals surface area contributed by atoms with Crippen molar-refractivity contribution in [2.75, 3.05) is 0 Å². The molecule has 1 heterocycles. The molecule has 3 rings (SSSR count). The van der Waals surface area contributed by atoms with Gasteiger partial charge in [0.15, 0.2) is 0 Å². The number of aliphatic hydroxyl groups excluding tert-OH is 1. The summed E-state index contributed by atoms with van der Waals surface area (Å²) in [5.74, 6) is 0.608. The molecule has 0 aliphatic carbocycles. The van der Waals surface area contributed by atoms with Crippen LogP contribution in [0.4, 0.5) is 0 Å². The predicted molar refractivity (Wildman–Crippen MR) is 83.4 cm³/mol. The highest BCUT2D eigenvalue weighted by molar-refractivity contribution is 6.31. The van der Waals surface area contributed by atoms with Gasteiger partial charge >= 0.3 is 0 Å². The molecular formula is C17H14ClNO2. The van der Waals surface area contributed by atoms with Crippen molar-refractivity contribution in [2.24, 2.45) is 0 Å². The van der Waals surface area contributed by atoms with E-state index in [0.29, 0.717) is 22.9 Å². The zero-order valence-corrected chi connectivity index (χ0v) is 12.0. The SMILES string of the molecule is OCc1c(Cl)cccc1OCc1ccc2ncccc2c1. The van der Waals surface area contributed by atoms with Crippen molar-refractivity contribution in [2.45, 2.75) is 13.2 Å². The molecule has 0 saturated carbocycles. The predicted octanol–water partition coefficient (Wildman–Crippen LogP) is 3.96. The summed E-state index contributed by atoms with van der Waals surface area (Å²) in [4.78, 5) is 4.29. The van der Waals surface area contributed by atoms with Gasteiger partial charge in [-0.1, -0.05) is 29.8 Å². The van der Waals surface area contributed by atoms with Crippen molar-refractivity contribution in [3.05, 3.63) is 70.9 Å². The zero-order chi connectivity index (χ0) is 14.7. The molecule has 0 bridgehead atoms. The molecule has 21 heavy (non-hydrogen) atoms. The third kappa shape index (κ3) is 2.99. The topological polar surface area (TPSA) is 42.4 Å². The molecule has 3 aromatic rings. The Morgan fingerprint density at radius 3 is 2.86 bits per heavy atom. The molecule has 1 aromatic heterocycles. The Morgan fingerprint density at radius 1 is 1.10 bits per heavy atom. The van der Waals surface area contributed by atoms with Crippen molar-refractivity contribution in [1.29, 1.82) is 0 Å². The Bertz CT molecular complexity index is 774. The Morgan fingerprint density at radius 2 is 2.00 bits per heavy atom. The second kappa shape index (κ2) is 6.12. The van der Waals surface area contributed by atoms with Crippen molar-refractivity contribution in [3.8, 4) is 5.75 Å². The fraction of sp³-hybridized carbons (Fsp3) is 0.118. The van der Waals surface area contributed by atoms with E-state index >= 15 is 0 Å². The van der Waals surface area contributed by atoms with Crippen LogP contribution >= 0.6 is 11.6 Å². The lowest BCUT2D eigenvalue weighted by Gasteiger charge is -2.11. The van der Waals surface area contributed by atoms with Gasteiger partial charge in [0.25, 0.3) is 0 Å². The summed E-state index contributed by atoms with van der Waals surface area (Å²) < 4.78 is 5.78. The first kappa shape index (κ1) is 13.9. The quantitative estimate of drug-likeness (QED) is 0.793. The van der Waals surface area contributed by atoms with Gasteiger partial charge in [0.05, 0.1) is 12.1 Å². The summed E-state index contributed by atoms with van der Waals surface area (Å²) in [6, 6.07) is 15.3. The molecule has 0 radical (unpaired) electrons. The molecule has 4 heteroatoms. The van der Waals surface area contributed by atoms with Crippen molar-refractivity contribution in [3.63, 3.8) is 0 Å². The number of nitrogens with zero attached hydrogens (tertiary/aromatic N) is 1. The second-order valence-corrected chi connectivity index (χ2v) is 5.10. The lowest BCUT2D eigenvalue weighted by molar-refractivity contribution is 0.259. The van der Waals surface area contributed by atoms with E-state index in [1.165, 1.54) is 0 Å². The molecular weight excluding hydrogens is 286 g/mol. The molecule has 0 unspecified atom stereocenters. The molecule has 0 amide bonds. The minimum atomic E-state index is -0.142. The number of aliphatic hydroxyl groups is 1. The smallest absolute Gasteiger partial charge is 0.126 e. The number of aromatic nitrogens is 1. The monoisotopic (exact) mass is 299 g/mol. The summed E-state index contributed by atoms with van der Waals surface area (Å²) in [6.07, 6.45) is 1.78. The van der Waals surface area contributed by atoms with Crippen LogP contribution in [-0.2, 0) is 13.2 Å². The van der Waals surface area contributed by atoms with E-state index < -0.39 is 0 Å². The Balaban J connectivity index is 1.82. The molecule has 0 aliphatic rings. The van der Waals surface area contributed by atoms with E-state index in [9.17, 15) is 5.11 Å². The first-order valence-electron chi connectivity index (χ1n) is 6.62. The fourth-order valence-corrected chi connectivity index (χ4v) is 2.43. The number of ether oxygens (including phenoxy) is 1. The van der Waals surface area contributed by atoms with Crippen LogP contribution in [0.1, 0.15) is 11.1 Å². The Kier molecular flexibility index (Phi) is 4.04. The van der Waals surface area contributed by atoms with Crippen molar-refractivity contribution in [1.82, 2.24) is 4.98 Å². The molecule has 2 aromatic carbocycles. The van der Waals surface area contributed by atoms with Crippen LogP contribution in [0.25, 0.3) is 10.9 Å². The largest absolute Gasteiger partial charge is 0.488 e. The maximum atomic E-state index is 9.37. The normalized spacial score (nSPS) is 10.8. The number of rotatable bonds is 4. The number of halogens is 1. The van der Waals surface area contributed by atoms with Gasteiger partial charge in [-0.3, -0.25) is 4.98 Å². The van der Waals surface area contributed by atoms with Gasteiger partial charge in [0.1, 0.15) is 12.4 Å². The van der Waals surface area contributed by atoms with Gasteiger partial charge in [-0.2, -0.15) is 0 Å². The Labute approximate surface area is 127 Å². The minimum Gasteiger partial charge on any atom is -0.488 e. The summed E-state index contributed by atoms with van der Waals surface area (Å²) in [5.41, 5.74) is 2.61. The minimum absolute atomic E-state index is 0.142. The summed E-state index contributed by atoms with van der Waals surface area (Å²) in [7, 11) is 0. The first-order chi connectivity index (χ1) is 10.3. The van der Waals surface area contributed by atoms with Gasteiger partial charge in [-0.25, -0.2) is 0 Å². The van der Waals surface area contributed by atoms with Gasteiger partial charge in [-0.05, 0) is 35.9 Å². The van der Waals surface area contributed by atoms with Gasteiger partial charge in [0, 0.05) is 22.2 Å². The van der Waals surface area contributed by atoms with E-state index in [-0.39, 0.29) is 6.61 Å². The number of hydrogen-bond acceptors (Lipinski definition) is 3. The zero-order valence-electron chi connectivity index (χ0n) is 11.3. The molecule has 0 fully saturated rings. The number of fused-ring (bicyclic) bond motifs is 1. The molecule has 0 aliphatic heterocycles. The third-order valence-corrected chi connectivity index (χ3v) is 3.65. The van der Waals surface area contributed by atoms with Crippen LogP contribution < -0.4 is 4.74 Å². The standard InChI is InChI=1S/C17H14ClNO2/c18-15-4-1-5-17(14(15)10-20)21-11-12-6-7-16-13(9-12)3-2-8-19-16/h1-9,20H,10-11H2. The number of hydrogen-bond donors (Lipinski definition) is 1. The molecule has 1 N–H and O–H groups in total. The van der Waals surface area contributed by atoms with Crippen molar-refractivity contribution < 1.29 is 9.84 Å². The maximum Gasteiger partial charge on any atom is 0.126 e. The van der Waals surface area contributed by atoms with Gasteiger partial charge in [0.2, 0.25) is 0 Å². The molecule has 0 atom stereocenters.